The monoisotopic (exact) mass is 402 g/mol. The van der Waals surface area contributed by atoms with E-state index in [2.05, 4.69) is 5.32 Å². The van der Waals surface area contributed by atoms with Gasteiger partial charge in [-0.15, -0.1) is 0 Å². The SMILES string of the molecule is O=C(CC(c1ccccc1)c1ccccc1)N[C@@H]1CC(=O)N(c2ccc(F)cc2)C1. The van der Waals surface area contributed by atoms with E-state index in [0.717, 1.165) is 11.1 Å². The number of rotatable bonds is 6. The van der Waals surface area contributed by atoms with Crippen LogP contribution in [0.4, 0.5) is 10.1 Å². The zero-order valence-electron chi connectivity index (χ0n) is 16.5. The minimum Gasteiger partial charge on any atom is -0.351 e. The highest BCUT2D eigenvalue weighted by atomic mass is 19.1. The van der Waals surface area contributed by atoms with Gasteiger partial charge in [0.1, 0.15) is 5.82 Å². The maximum atomic E-state index is 13.2. The van der Waals surface area contributed by atoms with E-state index in [1.54, 1.807) is 17.0 Å². The molecule has 0 bridgehead atoms. The van der Waals surface area contributed by atoms with Gasteiger partial charge in [-0.05, 0) is 35.4 Å². The van der Waals surface area contributed by atoms with Crippen LogP contribution < -0.4 is 10.2 Å². The topological polar surface area (TPSA) is 49.4 Å². The maximum Gasteiger partial charge on any atom is 0.229 e. The summed E-state index contributed by atoms with van der Waals surface area (Å²) in [5.74, 6) is -0.568. The average Bonchev–Trinajstić information content (AvgIpc) is 3.13. The summed E-state index contributed by atoms with van der Waals surface area (Å²) in [6.07, 6.45) is 0.541. The first-order chi connectivity index (χ1) is 14.6. The Morgan fingerprint density at radius 2 is 1.50 bits per heavy atom. The normalized spacial score (nSPS) is 16.1. The number of hydrogen-bond acceptors (Lipinski definition) is 2. The molecule has 1 saturated heterocycles. The van der Waals surface area contributed by atoms with Crippen LogP contribution in [0.25, 0.3) is 0 Å². The van der Waals surface area contributed by atoms with Crippen LogP contribution in [0.5, 0.6) is 0 Å². The van der Waals surface area contributed by atoms with E-state index in [-0.39, 0.29) is 36.0 Å². The standard InChI is InChI=1S/C25H23FN2O2/c26-20-11-13-22(14-12-20)28-17-21(15-25(28)30)27-24(29)16-23(18-7-3-1-4-8-18)19-9-5-2-6-10-19/h1-14,21,23H,15-17H2,(H,27,29)/t21-/m1/s1. The van der Waals surface area contributed by atoms with Crippen molar-refractivity contribution in [3.63, 3.8) is 0 Å². The van der Waals surface area contributed by atoms with Crippen molar-refractivity contribution < 1.29 is 14.0 Å². The molecule has 152 valence electrons. The molecule has 1 heterocycles. The van der Waals surface area contributed by atoms with Crippen LogP contribution in [0, 0.1) is 5.82 Å². The second-order valence-electron chi connectivity index (χ2n) is 7.53. The largest absolute Gasteiger partial charge is 0.351 e. The van der Waals surface area contributed by atoms with Crippen LogP contribution in [0.2, 0.25) is 0 Å². The van der Waals surface area contributed by atoms with Gasteiger partial charge in [-0.3, -0.25) is 9.59 Å². The van der Waals surface area contributed by atoms with E-state index in [0.29, 0.717) is 18.7 Å². The number of benzene rings is 3. The van der Waals surface area contributed by atoms with E-state index in [1.165, 1.54) is 12.1 Å². The fourth-order valence-corrected chi connectivity index (χ4v) is 3.95. The molecule has 0 radical (unpaired) electrons. The van der Waals surface area contributed by atoms with Crippen molar-refractivity contribution >= 4 is 17.5 Å². The van der Waals surface area contributed by atoms with Crippen LogP contribution in [-0.2, 0) is 9.59 Å². The van der Waals surface area contributed by atoms with Crippen LogP contribution in [0.1, 0.15) is 29.9 Å². The van der Waals surface area contributed by atoms with Gasteiger partial charge in [-0.1, -0.05) is 60.7 Å². The van der Waals surface area contributed by atoms with Gasteiger partial charge < -0.3 is 10.2 Å². The summed E-state index contributed by atoms with van der Waals surface area (Å²) in [6.45, 7) is 0.386. The molecular weight excluding hydrogens is 379 g/mol. The molecule has 0 aliphatic carbocycles. The predicted molar refractivity (Wildman–Crippen MR) is 115 cm³/mol. The van der Waals surface area contributed by atoms with Crippen molar-refractivity contribution in [3.05, 3.63) is 102 Å². The van der Waals surface area contributed by atoms with Crippen molar-refractivity contribution in [2.24, 2.45) is 0 Å². The lowest BCUT2D eigenvalue weighted by Crippen LogP contribution is -2.37. The molecule has 4 rings (SSSR count). The second-order valence-corrected chi connectivity index (χ2v) is 7.53. The molecule has 0 aromatic heterocycles. The summed E-state index contributed by atoms with van der Waals surface area (Å²) < 4.78 is 13.2. The Kier molecular flexibility index (Phi) is 5.89. The first-order valence-electron chi connectivity index (χ1n) is 10.1. The number of hydrogen-bond donors (Lipinski definition) is 1. The lowest BCUT2D eigenvalue weighted by atomic mass is 9.88. The summed E-state index contributed by atoms with van der Waals surface area (Å²) in [6, 6.07) is 25.5. The van der Waals surface area contributed by atoms with Gasteiger partial charge in [0.2, 0.25) is 11.8 Å². The number of amides is 2. The van der Waals surface area contributed by atoms with E-state index in [9.17, 15) is 14.0 Å². The van der Waals surface area contributed by atoms with Crippen molar-refractivity contribution in [1.29, 1.82) is 0 Å². The number of nitrogens with zero attached hydrogens (tertiary/aromatic N) is 1. The zero-order chi connectivity index (χ0) is 20.9. The molecule has 3 aromatic rings. The fourth-order valence-electron chi connectivity index (χ4n) is 3.95. The first kappa shape index (κ1) is 19.8. The number of carbonyl (C=O) groups is 2. The molecule has 2 amide bonds. The highest BCUT2D eigenvalue weighted by Gasteiger charge is 2.32. The number of nitrogens with one attached hydrogen (secondary N) is 1. The van der Waals surface area contributed by atoms with Gasteiger partial charge >= 0.3 is 0 Å². The van der Waals surface area contributed by atoms with Crippen molar-refractivity contribution in [2.45, 2.75) is 24.8 Å². The first-order valence-corrected chi connectivity index (χ1v) is 10.1. The summed E-state index contributed by atoms with van der Waals surface area (Å²) >= 11 is 0. The molecular formula is C25H23FN2O2. The van der Waals surface area contributed by atoms with Gasteiger partial charge in [0.15, 0.2) is 0 Å². The smallest absolute Gasteiger partial charge is 0.229 e. The van der Waals surface area contributed by atoms with Crippen molar-refractivity contribution in [2.75, 3.05) is 11.4 Å². The summed E-state index contributed by atoms with van der Waals surface area (Å²) in [4.78, 5) is 26.9. The Balaban J connectivity index is 1.44. The number of anilines is 1. The Labute approximate surface area is 175 Å². The van der Waals surface area contributed by atoms with Crippen LogP contribution in [0.15, 0.2) is 84.9 Å². The fraction of sp³-hybridized carbons (Fsp3) is 0.200. The van der Waals surface area contributed by atoms with Crippen molar-refractivity contribution in [1.82, 2.24) is 5.32 Å². The number of carbonyl (C=O) groups excluding carboxylic acids is 2. The van der Waals surface area contributed by atoms with E-state index in [4.69, 9.17) is 0 Å². The molecule has 1 aliphatic rings. The molecule has 5 heteroatoms. The molecule has 1 N–H and O–H groups in total. The molecule has 4 nitrogen and oxygen atoms in total. The Hall–Kier alpha value is -3.47. The highest BCUT2D eigenvalue weighted by Crippen LogP contribution is 2.28. The second kappa shape index (κ2) is 8.91. The van der Waals surface area contributed by atoms with Crippen LogP contribution >= 0.6 is 0 Å². The number of halogens is 1. The van der Waals surface area contributed by atoms with Gasteiger partial charge in [-0.25, -0.2) is 4.39 Å². The summed E-state index contributed by atoms with van der Waals surface area (Å²) in [5, 5.41) is 3.01. The quantitative estimate of drug-likeness (QED) is 0.669. The predicted octanol–water partition coefficient (Wildman–Crippen LogP) is 4.27. The van der Waals surface area contributed by atoms with Gasteiger partial charge in [-0.2, -0.15) is 0 Å². The maximum absolute atomic E-state index is 13.2. The van der Waals surface area contributed by atoms with Crippen LogP contribution in [-0.4, -0.2) is 24.4 Å². The lowest BCUT2D eigenvalue weighted by molar-refractivity contribution is -0.122. The molecule has 30 heavy (non-hydrogen) atoms. The van der Waals surface area contributed by atoms with Crippen molar-refractivity contribution in [3.8, 4) is 0 Å². The Bertz CT molecular complexity index is 967. The summed E-state index contributed by atoms with van der Waals surface area (Å²) in [5.41, 5.74) is 2.80. The van der Waals surface area contributed by atoms with Gasteiger partial charge in [0.25, 0.3) is 0 Å². The van der Waals surface area contributed by atoms with Gasteiger partial charge in [0, 0.05) is 31.0 Å². The van der Waals surface area contributed by atoms with Crippen LogP contribution in [0.3, 0.4) is 0 Å². The molecule has 0 unspecified atom stereocenters. The Morgan fingerprint density at radius 3 is 2.07 bits per heavy atom. The zero-order valence-corrected chi connectivity index (χ0v) is 16.5. The van der Waals surface area contributed by atoms with E-state index < -0.39 is 0 Å². The third kappa shape index (κ3) is 4.57. The summed E-state index contributed by atoms with van der Waals surface area (Å²) in [7, 11) is 0. The lowest BCUT2D eigenvalue weighted by Gasteiger charge is -2.20. The average molecular weight is 402 g/mol. The highest BCUT2D eigenvalue weighted by molar-refractivity contribution is 5.96. The molecule has 1 fully saturated rings. The van der Waals surface area contributed by atoms with E-state index in [1.807, 2.05) is 60.7 Å². The minimum atomic E-state index is -0.344. The molecule has 1 aliphatic heterocycles. The molecule has 0 saturated carbocycles. The minimum absolute atomic E-state index is 0.0577. The van der Waals surface area contributed by atoms with Gasteiger partial charge in [0.05, 0.1) is 6.04 Å². The molecule has 3 aromatic carbocycles. The molecule has 0 spiro atoms. The third-order valence-electron chi connectivity index (χ3n) is 5.42. The third-order valence-corrected chi connectivity index (χ3v) is 5.42. The molecule has 1 atom stereocenters. The van der Waals surface area contributed by atoms with E-state index >= 15 is 0 Å². The Morgan fingerprint density at radius 1 is 0.933 bits per heavy atom.